The Hall–Kier alpha value is -2.37. The SMILES string of the molecule is COc1cccc(F)c1-c1nc2c([nH]1)c(C)nn2[C@H](C)C1CC1. The predicted molar refractivity (Wildman–Crippen MR) is 86.0 cm³/mol. The third-order valence-electron chi connectivity index (χ3n) is 4.64. The summed E-state index contributed by atoms with van der Waals surface area (Å²) in [7, 11) is 1.53. The quantitative estimate of drug-likeness (QED) is 0.795. The van der Waals surface area contributed by atoms with Crippen LogP contribution in [0.3, 0.4) is 0 Å². The van der Waals surface area contributed by atoms with Gasteiger partial charge in [0.25, 0.3) is 0 Å². The van der Waals surface area contributed by atoms with Crippen LogP contribution < -0.4 is 4.74 Å². The lowest BCUT2D eigenvalue weighted by atomic mass is 10.2. The van der Waals surface area contributed by atoms with Crippen LogP contribution in [-0.4, -0.2) is 26.9 Å². The Morgan fingerprint density at radius 2 is 2.17 bits per heavy atom. The van der Waals surface area contributed by atoms with Crippen molar-refractivity contribution in [2.24, 2.45) is 5.92 Å². The fourth-order valence-electron chi connectivity index (χ4n) is 3.13. The molecule has 120 valence electrons. The summed E-state index contributed by atoms with van der Waals surface area (Å²) in [5.74, 6) is 1.26. The van der Waals surface area contributed by atoms with Crippen molar-refractivity contribution in [2.45, 2.75) is 32.7 Å². The number of imidazole rings is 1. The van der Waals surface area contributed by atoms with Crippen LogP contribution >= 0.6 is 0 Å². The normalized spacial score (nSPS) is 16.0. The summed E-state index contributed by atoms with van der Waals surface area (Å²) in [6.45, 7) is 4.11. The molecule has 0 bridgehead atoms. The Kier molecular flexibility index (Phi) is 3.14. The first kappa shape index (κ1) is 14.2. The van der Waals surface area contributed by atoms with Crippen molar-refractivity contribution in [1.82, 2.24) is 19.7 Å². The first-order valence-electron chi connectivity index (χ1n) is 7.88. The molecule has 0 unspecified atom stereocenters. The minimum Gasteiger partial charge on any atom is -0.496 e. The monoisotopic (exact) mass is 314 g/mol. The van der Waals surface area contributed by atoms with Gasteiger partial charge >= 0.3 is 0 Å². The molecule has 1 atom stereocenters. The lowest BCUT2D eigenvalue weighted by Crippen LogP contribution is -2.09. The first-order valence-corrected chi connectivity index (χ1v) is 7.88. The number of nitrogens with zero attached hydrogens (tertiary/aromatic N) is 3. The molecule has 0 saturated heterocycles. The van der Waals surface area contributed by atoms with Crippen molar-refractivity contribution in [2.75, 3.05) is 7.11 Å². The average Bonchev–Trinajstić information content (AvgIpc) is 3.23. The van der Waals surface area contributed by atoms with Gasteiger partial charge in [0.2, 0.25) is 0 Å². The van der Waals surface area contributed by atoms with E-state index in [-0.39, 0.29) is 5.82 Å². The van der Waals surface area contributed by atoms with Crippen LogP contribution in [0.15, 0.2) is 18.2 Å². The van der Waals surface area contributed by atoms with E-state index >= 15 is 0 Å². The summed E-state index contributed by atoms with van der Waals surface area (Å²) < 4.78 is 21.5. The Morgan fingerprint density at radius 3 is 2.87 bits per heavy atom. The topological polar surface area (TPSA) is 55.7 Å². The minimum atomic E-state index is -0.354. The second-order valence-electron chi connectivity index (χ2n) is 6.21. The smallest absolute Gasteiger partial charge is 0.177 e. The van der Waals surface area contributed by atoms with Gasteiger partial charge in [-0.05, 0) is 44.7 Å². The summed E-state index contributed by atoms with van der Waals surface area (Å²) in [5, 5.41) is 4.61. The number of ether oxygens (including phenoxy) is 1. The van der Waals surface area contributed by atoms with Gasteiger partial charge in [0.1, 0.15) is 22.9 Å². The van der Waals surface area contributed by atoms with Crippen LogP contribution in [-0.2, 0) is 0 Å². The van der Waals surface area contributed by atoms with Gasteiger partial charge in [-0.1, -0.05) is 6.07 Å². The van der Waals surface area contributed by atoms with E-state index in [1.807, 2.05) is 11.6 Å². The highest BCUT2D eigenvalue weighted by Crippen LogP contribution is 2.41. The minimum absolute atomic E-state index is 0.310. The van der Waals surface area contributed by atoms with Crippen LogP contribution in [0.25, 0.3) is 22.6 Å². The van der Waals surface area contributed by atoms with E-state index in [4.69, 9.17) is 4.74 Å². The summed E-state index contributed by atoms with van der Waals surface area (Å²) in [6.07, 6.45) is 2.47. The maximum atomic E-state index is 14.3. The Labute approximate surface area is 133 Å². The number of aromatic amines is 1. The molecule has 1 aliphatic rings. The van der Waals surface area contributed by atoms with E-state index in [1.165, 1.54) is 26.0 Å². The van der Waals surface area contributed by atoms with E-state index in [0.717, 1.165) is 16.9 Å². The lowest BCUT2D eigenvalue weighted by Gasteiger charge is -2.10. The molecule has 4 rings (SSSR count). The summed E-state index contributed by atoms with van der Waals surface area (Å²) in [5.41, 5.74) is 2.87. The van der Waals surface area contributed by atoms with Crippen molar-refractivity contribution in [3.63, 3.8) is 0 Å². The van der Waals surface area contributed by atoms with Gasteiger partial charge in [0.15, 0.2) is 5.65 Å². The fourth-order valence-corrected chi connectivity index (χ4v) is 3.13. The number of aryl methyl sites for hydroxylation is 1. The molecule has 5 nitrogen and oxygen atoms in total. The maximum absolute atomic E-state index is 14.3. The third-order valence-corrected chi connectivity index (χ3v) is 4.64. The van der Waals surface area contributed by atoms with Crippen molar-refractivity contribution >= 4 is 11.2 Å². The van der Waals surface area contributed by atoms with Crippen molar-refractivity contribution in [3.8, 4) is 17.1 Å². The number of aromatic nitrogens is 4. The molecule has 0 amide bonds. The molecule has 0 spiro atoms. The number of benzene rings is 1. The highest BCUT2D eigenvalue weighted by Gasteiger charge is 2.32. The molecule has 6 heteroatoms. The number of hydrogen-bond acceptors (Lipinski definition) is 3. The number of rotatable bonds is 4. The van der Waals surface area contributed by atoms with Gasteiger partial charge in [-0.25, -0.2) is 14.1 Å². The lowest BCUT2D eigenvalue weighted by molar-refractivity contribution is 0.413. The second kappa shape index (κ2) is 5.08. The van der Waals surface area contributed by atoms with Gasteiger partial charge in [-0.2, -0.15) is 5.10 Å². The molecule has 1 aromatic carbocycles. The summed E-state index contributed by atoms with van der Waals surface area (Å²) >= 11 is 0. The molecule has 1 saturated carbocycles. The predicted octanol–water partition coefficient (Wildman–Crippen LogP) is 3.85. The molecule has 23 heavy (non-hydrogen) atoms. The zero-order chi connectivity index (χ0) is 16.1. The van der Waals surface area contributed by atoms with E-state index in [0.29, 0.717) is 29.1 Å². The molecule has 0 aliphatic heterocycles. The number of fused-ring (bicyclic) bond motifs is 1. The molecule has 0 radical (unpaired) electrons. The highest BCUT2D eigenvalue weighted by atomic mass is 19.1. The van der Waals surface area contributed by atoms with E-state index in [1.54, 1.807) is 12.1 Å². The third kappa shape index (κ3) is 2.20. The van der Waals surface area contributed by atoms with Gasteiger partial charge in [0, 0.05) is 0 Å². The number of nitrogens with one attached hydrogen (secondary N) is 1. The number of hydrogen-bond donors (Lipinski definition) is 1. The Morgan fingerprint density at radius 1 is 1.39 bits per heavy atom. The zero-order valence-electron chi connectivity index (χ0n) is 13.4. The second-order valence-corrected chi connectivity index (χ2v) is 6.21. The fraction of sp³-hybridized carbons (Fsp3) is 0.412. The zero-order valence-corrected chi connectivity index (χ0v) is 13.4. The van der Waals surface area contributed by atoms with E-state index in [2.05, 4.69) is 22.0 Å². The Bertz CT molecular complexity index is 878. The van der Waals surface area contributed by atoms with Gasteiger partial charge < -0.3 is 9.72 Å². The molecule has 1 fully saturated rings. The summed E-state index contributed by atoms with van der Waals surface area (Å²) in [6, 6.07) is 5.08. The van der Waals surface area contributed by atoms with Crippen molar-refractivity contribution in [3.05, 3.63) is 29.7 Å². The molecule has 2 aromatic heterocycles. The molecule has 1 N–H and O–H groups in total. The Balaban J connectivity index is 1.88. The van der Waals surface area contributed by atoms with Gasteiger partial charge in [0.05, 0.1) is 24.4 Å². The molecule has 2 heterocycles. The van der Waals surface area contributed by atoms with Crippen molar-refractivity contribution in [1.29, 1.82) is 0 Å². The van der Waals surface area contributed by atoms with E-state index in [9.17, 15) is 4.39 Å². The first-order chi connectivity index (χ1) is 11.1. The number of H-pyrrole nitrogens is 1. The van der Waals surface area contributed by atoms with Crippen LogP contribution in [0, 0.1) is 18.7 Å². The number of methoxy groups -OCH3 is 1. The maximum Gasteiger partial charge on any atom is 0.177 e. The van der Waals surface area contributed by atoms with Crippen LogP contribution in [0.5, 0.6) is 5.75 Å². The molecular weight excluding hydrogens is 295 g/mol. The standard InChI is InChI=1S/C17H19FN4O/c1-9-15-17(22(21-9)10(2)11-7-8-11)20-16(19-15)14-12(18)5-4-6-13(14)23-3/h4-6,10-11H,7-8H2,1-3H3,(H,19,20)/t10-/m1/s1. The van der Waals surface area contributed by atoms with Crippen LogP contribution in [0.2, 0.25) is 0 Å². The molecular formula is C17H19FN4O. The summed E-state index contributed by atoms with van der Waals surface area (Å²) in [4.78, 5) is 7.85. The number of halogens is 1. The van der Waals surface area contributed by atoms with Crippen LogP contribution in [0.1, 0.15) is 31.5 Å². The van der Waals surface area contributed by atoms with E-state index < -0.39 is 0 Å². The van der Waals surface area contributed by atoms with Gasteiger partial charge in [-0.3, -0.25) is 0 Å². The van der Waals surface area contributed by atoms with Crippen molar-refractivity contribution < 1.29 is 9.13 Å². The van der Waals surface area contributed by atoms with Gasteiger partial charge in [-0.15, -0.1) is 0 Å². The van der Waals surface area contributed by atoms with Crippen LogP contribution in [0.4, 0.5) is 4.39 Å². The molecule has 3 aromatic rings. The largest absolute Gasteiger partial charge is 0.496 e. The molecule has 1 aliphatic carbocycles. The average molecular weight is 314 g/mol. The highest BCUT2D eigenvalue weighted by molar-refractivity contribution is 5.80.